The van der Waals surface area contributed by atoms with E-state index in [9.17, 15) is 0 Å². The van der Waals surface area contributed by atoms with E-state index in [1.807, 2.05) is 24.4 Å². The van der Waals surface area contributed by atoms with Crippen molar-refractivity contribution in [2.45, 2.75) is 13.5 Å². The van der Waals surface area contributed by atoms with Gasteiger partial charge in [0.1, 0.15) is 0 Å². The van der Waals surface area contributed by atoms with E-state index in [1.165, 1.54) is 0 Å². The largest absolute Gasteiger partial charge is 0.316 e. The number of rotatable bonds is 6. The summed E-state index contributed by atoms with van der Waals surface area (Å²) in [7, 11) is 0. The van der Waals surface area contributed by atoms with Gasteiger partial charge in [0.05, 0.1) is 5.69 Å². The van der Waals surface area contributed by atoms with E-state index in [0.717, 1.165) is 31.9 Å². The van der Waals surface area contributed by atoms with Crippen molar-refractivity contribution in [2.24, 2.45) is 0 Å². The quantitative estimate of drug-likeness (QED) is 0.634. The summed E-state index contributed by atoms with van der Waals surface area (Å²) in [5, 5.41) is 6.56. The van der Waals surface area contributed by atoms with Crippen LogP contribution in [0.2, 0.25) is 0 Å². The fraction of sp³-hybridized carbons (Fsp3) is 0.500. The monoisotopic (exact) mass is 179 g/mol. The second-order valence-electron chi connectivity index (χ2n) is 2.85. The Kier molecular flexibility index (Phi) is 5.13. The Balaban J connectivity index is 2.07. The van der Waals surface area contributed by atoms with Gasteiger partial charge in [0.2, 0.25) is 0 Å². The standard InChI is InChI=1S/C10H17N3/c1-2-11-7-8-12-9-10-5-3-4-6-13-10/h3-6,11-12H,2,7-9H2,1H3. The number of aromatic nitrogens is 1. The van der Waals surface area contributed by atoms with Gasteiger partial charge < -0.3 is 10.6 Å². The highest BCUT2D eigenvalue weighted by molar-refractivity contribution is 5.02. The van der Waals surface area contributed by atoms with Crippen LogP contribution < -0.4 is 10.6 Å². The molecular formula is C10H17N3. The van der Waals surface area contributed by atoms with E-state index in [0.29, 0.717) is 0 Å². The molecule has 0 unspecified atom stereocenters. The molecule has 1 aromatic heterocycles. The lowest BCUT2D eigenvalue weighted by Crippen LogP contribution is -2.26. The van der Waals surface area contributed by atoms with Crippen LogP contribution in [0.3, 0.4) is 0 Å². The molecule has 13 heavy (non-hydrogen) atoms. The van der Waals surface area contributed by atoms with Gasteiger partial charge in [0.15, 0.2) is 0 Å². The van der Waals surface area contributed by atoms with Gasteiger partial charge in [0, 0.05) is 25.8 Å². The number of nitrogens with one attached hydrogen (secondary N) is 2. The summed E-state index contributed by atoms with van der Waals surface area (Å²) in [6, 6.07) is 5.97. The molecule has 0 aliphatic rings. The summed E-state index contributed by atoms with van der Waals surface area (Å²) in [5.41, 5.74) is 1.10. The van der Waals surface area contributed by atoms with Gasteiger partial charge in [-0.15, -0.1) is 0 Å². The van der Waals surface area contributed by atoms with E-state index >= 15 is 0 Å². The third kappa shape index (κ3) is 4.60. The Morgan fingerprint density at radius 2 is 2.08 bits per heavy atom. The Hall–Kier alpha value is -0.930. The van der Waals surface area contributed by atoms with Gasteiger partial charge >= 0.3 is 0 Å². The molecule has 0 bridgehead atoms. The molecule has 72 valence electrons. The van der Waals surface area contributed by atoms with Crippen LogP contribution in [-0.4, -0.2) is 24.6 Å². The van der Waals surface area contributed by atoms with Gasteiger partial charge in [-0.2, -0.15) is 0 Å². The van der Waals surface area contributed by atoms with Crippen LogP contribution >= 0.6 is 0 Å². The first-order chi connectivity index (χ1) is 6.43. The lowest BCUT2D eigenvalue weighted by Gasteiger charge is -2.03. The van der Waals surface area contributed by atoms with Gasteiger partial charge in [0.25, 0.3) is 0 Å². The van der Waals surface area contributed by atoms with Crippen molar-refractivity contribution in [3.05, 3.63) is 30.1 Å². The first-order valence-electron chi connectivity index (χ1n) is 4.75. The zero-order valence-electron chi connectivity index (χ0n) is 8.09. The summed E-state index contributed by atoms with van der Waals surface area (Å²) >= 11 is 0. The number of likely N-dealkylation sites (N-methyl/N-ethyl adjacent to an activating group) is 1. The summed E-state index contributed by atoms with van der Waals surface area (Å²) in [5.74, 6) is 0. The average molecular weight is 179 g/mol. The van der Waals surface area contributed by atoms with Crippen LogP contribution in [0.25, 0.3) is 0 Å². The molecule has 0 saturated carbocycles. The predicted molar refractivity (Wildman–Crippen MR) is 54.5 cm³/mol. The minimum absolute atomic E-state index is 0.853. The third-order valence-electron chi connectivity index (χ3n) is 1.76. The molecule has 0 radical (unpaired) electrons. The first-order valence-corrected chi connectivity index (χ1v) is 4.75. The highest BCUT2D eigenvalue weighted by atomic mass is 14.9. The molecule has 0 fully saturated rings. The second-order valence-corrected chi connectivity index (χ2v) is 2.85. The average Bonchev–Trinajstić information content (AvgIpc) is 2.19. The minimum atomic E-state index is 0.853. The molecule has 3 nitrogen and oxygen atoms in total. The number of nitrogens with zero attached hydrogens (tertiary/aromatic N) is 1. The summed E-state index contributed by atoms with van der Waals surface area (Å²) < 4.78 is 0. The smallest absolute Gasteiger partial charge is 0.0541 e. The normalized spacial score (nSPS) is 10.2. The molecular weight excluding hydrogens is 162 g/mol. The lowest BCUT2D eigenvalue weighted by atomic mass is 10.3. The Labute approximate surface area is 79.6 Å². The molecule has 0 aromatic carbocycles. The van der Waals surface area contributed by atoms with Crippen LogP contribution in [0.4, 0.5) is 0 Å². The highest BCUT2D eigenvalue weighted by Crippen LogP contribution is 1.90. The van der Waals surface area contributed by atoms with E-state index in [2.05, 4.69) is 22.5 Å². The van der Waals surface area contributed by atoms with Gasteiger partial charge in [-0.3, -0.25) is 4.98 Å². The zero-order valence-corrected chi connectivity index (χ0v) is 8.09. The highest BCUT2D eigenvalue weighted by Gasteiger charge is 1.90. The number of pyridine rings is 1. The number of hydrogen-bond acceptors (Lipinski definition) is 3. The zero-order chi connectivity index (χ0) is 9.36. The topological polar surface area (TPSA) is 37.0 Å². The third-order valence-corrected chi connectivity index (χ3v) is 1.76. The molecule has 0 aliphatic heterocycles. The van der Waals surface area contributed by atoms with Crippen LogP contribution in [0.5, 0.6) is 0 Å². The molecule has 0 spiro atoms. The van der Waals surface area contributed by atoms with E-state index < -0.39 is 0 Å². The van der Waals surface area contributed by atoms with Crippen molar-refractivity contribution in [1.82, 2.24) is 15.6 Å². The maximum atomic E-state index is 4.21. The molecule has 0 saturated heterocycles. The molecule has 1 heterocycles. The molecule has 0 amide bonds. The van der Waals surface area contributed by atoms with Crippen molar-refractivity contribution in [2.75, 3.05) is 19.6 Å². The predicted octanol–water partition coefficient (Wildman–Crippen LogP) is 0.781. The Bertz CT molecular complexity index is 211. The van der Waals surface area contributed by atoms with Gasteiger partial charge in [-0.1, -0.05) is 13.0 Å². The lowest BCUT2D eigenvalue weighted by molar-refractivity contribution is 0.619. The van der Waals surface area contributed by atoms with E-state index in [-0.39, 0.29) is 0 Å². The van der Waals surface area contributed by atoms with Crippen molar-refractivity contribution in [3.63, 3.8) is 0 Å². The summed E-state index contributed by atoms with van der Waals surface area (Å²) in [4.78, 5) is 4.21. The van der Waals surface area contributed by atoms with E-state index in [1.54, 1.807) is 0 Å². The molecule has 1 aromatic rings. The van der Waals surface area contributed by atoms with Crippen LogP contribution in [0.1, 0.15) is 12.6 Å². The minimum Gasteiger partial charge on any atom is -0.316 e. The van der Waals surface area contributed by atoms with Crippen molar-refractivity contribution >= 4 is 0 Å². The van der Waals surface area contributed by atoms with Gasteiger partial charge in [-0.25, -0.2) is 0 Å². The second kappa shape index (κ2) is 6.57. The van der Waals surface area contributed by atoms with Crippen LogP contribution in [0, 0.1) is 0 Å². The maximum absolute atomic E-state index is 4.21. The summed E-state index contributed by atoms with van der Waals surface area (Å²) in [6.07, 6.45) is 1.82. The van der Waals surface area contributed by atoms with Gasteiger partial charge in [-0.05, 0) is 18.7 Å². The molecule has 0 aliphatic carbocycles. The Morgan fingerprint density at radius 3 is 2.77 bits per heavy atom. The SMILES string of the molecule is CCNCCNCc1ccccn1. The maximum Gasteiger partial charge on any atom is 0.0541 e. The van der Waals surface area contributed by atoms with Crippen molar-refractivity contribution < 1.29 is 0 Å². The molecule has 0 atom stereocenters. The first kappa shape index (κ1) is 10.2. The molecule has 1 rings (SSSR count). The van der Waals surface area contributed by atoms with Crippen LogP contribution in [-0.2, 0) is 6.54 Å². The van der Waals surface area contributed by atoms with E-state index in [4.69, 9.17) is 0 Å². The van der Waals surface area contributed by atoms with Crippen molar-refractivity contribution in [1.29, 1.82) is 0 Å². The Morgan fingerprint density at radius 1 is 1.23 bits per heavy atom. The number of hydrogen-bond donors (Lipinski definition) is 2. The fourth-order valence-corrected chi connectivity index (χ4v) is 1.07. The molecule has 3 heteroatoms. The van der Waals surface area contributed by atoms with Crippen molar-refractivity contribution in [3.8, 4) is 0 Å². The molecule has 2 N–H and O–H groups in total. The van der Waals surface area contributed by atoms with Crippen LogP contribution in [0.15, 0.2) is 24.4 Å². The summed E-state index contributed by atoms with van der Waals surface area (Å²) in [6.45, 7) is 6.00. The fourth-order valence-electron chi connectivity index (χ4n) is 1.07.